The van der Waals surface area contributed by atoms with Crippen LogP contribution in [0.3, 0.4) is 0 Å². The van der Waals surface area contributed by atoms with E-state index in [1.807, 2.05) is 31.2 Å². The molecule has 8 heteroatoms. The molecule has 5 rings (SSSR count). The molecule has 2 N–H and O–H groups in total. The summed E-state index contributed by atoms with van der Waals surface area (Å²) in [6, 6.07) is 11.2. The molecule has 1 aromatic heterocycles. The molecule has 3 atom stereocenters. The topological polar surface area (TPSA) is 99.0 Å². The van der Waals surface area contributed by atoms with Crippen molar-refractivity contribution in [1.29, 1.82) is 0 Å². The summed E-state index contributed by atoms with van der Waals surface area (Å²) < 4.78 is 22.3. The molecule has 0 radical (unpaired) electrons. The van der Waals surface area contributed by atoms with Crippen LogP contribution in [0.4, 0.5) is 0 Å². The van der Waals surface area contributed by atoms with E-state index in [0.29, 0.717) is 71.9 Å². The Labute approximate surface area is 197 Å². The summed E-state index contributed by atoms with van der Waals surface area (Å²) in [5.41, 5.74) is 2.90. The highest BCUT2D eigenvalue weighted by atomic mass is 16.5. The van der Waals surface area contributed by atoms with Crippen LogP contribution < -0.4 is 15.4 Å². The Morgan fingerprint density at radius 1 is 1.09 bits per heavy atom. The third-order valence-corrected chi connectivity index (χ3v) is 6.63. The summed E-state index contributed by atoms with van der Waals surface area (Å²) in [6.07, 6.45) is 0. The van der Waals surface area contributed by atoms with E-state index in [9.17, 15) is 9.59 Å². The van der Waals surface area contributed by atoms with Crippen molar-refractivity contribution in [3.63, 3.8) is 0 Å². The third kappa shape index (κ3) is 4.03. The van der Waals surface area contributed by atoms with Crippen molar-refractivity contribution >= 4 is 22.8 Å². The van der Waals surface area contributed by atoms with E-state index in [-0.39, 0.29) is 17.9 Å². The molecule has 2 amide bonds. The van der Waals surface area contributed by atoms with Gasteiger partial charge in [0.2, 0.25) is 0 Å². The number of furan rings is 1. The minimum absolute atomic E-state index is 0.131. The number of hydrogen-bond acceptors (Lipinski definition) is 6. The van der Waals surface area contributed by atoms with Crippen molar-refractivity contribution in [2.24, 2.45) is 11.8 Å². The molecule has 2 heterocycles. The van der Waals surface area contributed by atoms with Gasteiger partial charge in [-0.25, -0.2) is 0 Å². The minimum Gasteiger partial charge on any atom is -0.491 e. The zero-order valence-corrected chi connectivity index (χ0v) is 19.5. The summed E-state index contributed by atoms with van der Waals surface area (Å²) >= 11 is 0. The predicted octanol–water partition coefficient (Wildman–Crippen LogP) is 3.17. The van der Waals surface area contributed by atoms with Gasteiger partial charge in [-0.1, -0.05) is 12.1 Å². The van der Waals surface area contributed by atoms with Crippen LogP contribution in [0.15, 0.2) is 40.8 Å². The minimum atomic E-state index is -0.312. The number of rotatable bonds is 8. The van der Waals surface area contributed by atoms with Crippen LogP contribution in [0.1, 0.15) is 26.5 Å². The highest BCUT2D eigenvalue weighted by molar-refractivity contribution is 6.12. The molecule has 2 aliphatic rings. The van der Waals surface area contributed by atoms with E-state index >= 15 is 0 Å². The van der Waals surface area contributed by atoms with Crippen LogP contribution in [0.5, 0.6) is 5.75 Å². The second-order valence-electron chi connectivity index (χ2n) is 8.75. The van der Waals surface area contributed by atoms with Crippen LogP contribution >= 0.6 is 0 Å². The number of hydrogen-bond donors (Lipinski definition) is 2. The first kappa shape index (κ1) is 22.4. The van der Waals surface area contributed by atoms with Gasteiger partial charge in [0.05, 0.1) is 25.4 Å². The lowest BCUT2D eigenvalue weighted by Crippen LogP contribution is -2.30. The molecule has 2 fully saturated rings. The number of methoxy groups -OCH3 is 1. The molecule has 1 saturated carbocycles. The maximum Gasteiger partial charge on any atom is 0.254 e. The Morgan fingerprint density at radius 2 is 1.88 bits per heavy atom. The molecular formula is C26H28N2O6. The first-order valence-electron chi connectivity index (χ1n) is 11.4. The average Bonchev–Trinajstić information content (AvgIpc) is 3.15. The van der Waals surface area contributed by atoms with Gasteiger partial charge in [0.15, 0.2) is 0 Å². The van der Waals surface area contributed by atoms with Gasteiger partial charge in [-0.3, -0.25) is 9.59 Å². The summed E-state index contributed by atoms with van der Waals surface area (Å²) in [6.45, 7) is 4.15. The highest BCUT2D eigenvalue weighted by Crippen LogP contribution is 2.44. The fraction of sp³-hybridized carbons (Fsp3) is 0.385. The van der Waals surface area contributed by atoms with Crippen LogP contribution in [0, 0.1) is 18.8 Å². The van der Waals surface area contributed by atoms with Gasteiger partial charge in [0.1, 0.15) is 23.7 Å². The number of nitrogens with one attached hydrogen (secondary N) is 2. The zero-order valence-electron chi connectivity index (χ0n) is 19.5. The van der Waals surface area contributed by atoms with Crippen LogP contribution in [-0.2, 0) is 9.47 Å². The standard InChI is InChI=1S/C26H28N2O6/c1-14-22(15-5-4-6-17(9-15)33-8-7-31-3)18-10-16(11-19(24(18)34-14)26(30)27-2)25(29)28-23-20-12-32-13-21(20)23/h4-6,9-11,20-21,23H,7-8,12-13H2,1-3H3,(H,27,30)(H,28,29)/t20-,21+,23?. The van der Waals surface area contributed by atoms with E-state index in [2.05, 4.69) is 10.6 Å². The fourth-order valence-electron chi connectivity index (χ4n) is 4.78. The van der Waals surface area contributed by atoms with Crippen molar-refractivity contribution in [2.75, 3.05) is 40.6 Å². The van der Waals surface area contributed by atoms with Crippen LogP contribution in [0.25, 0.3) is 22.1 Å². The molecule has 3 aromatic rings. The molecule has 2 aromatic carbocycles. The molecule has 8 nitrogen and oxygen atoms in total. The first-order chi connectivity index (χ1) is 16.5. The quantitative estimate of drug-likeness (QED) is 0.497. The molecule has 0 bridgehead atoms. The molecule has 1 aliphatic carbocycles. The number of fused-ring (bicyclic) bond motifs is 2. The normalized spacial score (nSPS) is 20.7. The van der Waals surface area contributed by atoms with Gasteiger partial charge in [-0.15, -0.1) is 0 Å². The number of benzene rings is 2. The van der Waals surface area contributed by atoms with Gasteiger partial charge in [0.25, 0.3) is 11.8 Å². The van der Waals surface area contributed by atoms with E-state index in [1.54, 1.807) is 26.3 Å². The molecule has 34 heavy (non-hydrogen) atoms. The summed E-state index contributed by atoms with van der Waals surface area (Å²) in [7, 11) is 3.19. The Balaban J connectivity index is 1.54. The zero-order chi connectivity index (χ0) is 23.8. The SMILES string of the molecule is CNC(=O)c1cc(C(=O)NC2[C@H]3COC[C@@H]23)cc2c(-c3cccc(OCCOC)c3)c(C)oc12. The fourth-order valence-corrected chi connectivity index (χ4v) is 4.78. The highest BCUT2D eigenvalue weighted by Gasteiger charge is 2.54. The van der Waals surface area contributed by atoms with Crippen LogP contribution in [0.2, 0.25) is 0 Å². The smallest absolute Gasteiger partial charge is 0.254 e. The largest absolute Gasteiger partial charge is 0.491 e. The van der Waals surface area contributed by atoms with Gasteiger partial charge >= 0.3 is 0 Å². The number of carbonyl (C=O) groups excluding carboxylic acids is 2. The van der Waals surface area contributed by atoms with Gasteiger partial charge in [0, 0.05) is 48.5 Å². The predicted molar refractivity (Wildman–Crippen MR) is 126 cm³/mol. The van der Waals surface area contributed by atoms with Crippen molar-refractivity contribution in [3.05, 3.63) is 53.3 Å². The van der Waals surface area contributed by atoms with Crippen molar-refractivity contribution < 1.29 is 28.2 Å². The van der Waals surface area contributed by atoms with Crippen molar-refractivity contribution in [1.82, 2.24) is 10.6 Å². The summed E-state index contributed by atoms with van der Waals surface area (Å²) in [5.74, 6) is 1.62. The number of ether oxygens (including phenoxy) is 3. The van der Waals surface area contributed by atoms with Gasteiger partial charge in [-0.05, 0) is 36.8 Å². The Kier molecular flexibility index (Phi) is 6.02. The Morgan fingerprint density at radius 3 is 2.62 bits per heavy atom. The molecule has 178 valence electrons. The molecule has 1 unspecified atom stereocenters. The maximum absolute atomic E-state index is 13.1. The lowest BCUT2D eigenvalue weighted by atomic mass is 9.98. The average molecular weight is 465 g/mol. The number of carbonyl (C=O) groups is 2. The van der Waals surface area contributed by atoms with E-state index in [1.165, 1.54) is 0 Å². The Hall–Kier alpha value is -3.36. The lowest BCUT2D eigenvalue weighted by Gasteiger charge is -2.10. The molecule has 1 saturated heterocycles. The van der Waals surface area contributed by atoms with Gasteiger partial charge < -0.3 is 29.3 Å². The van der Waals surface area contributed by atoms with Gasteiger partial charge in [-0.2, -0.15) is 0 Å². The van der Waals surface area contributed by atoms with Crippen LogP contribution in [-0.4, -0.2) is 58.4 Å². The molecule has 1 aliphatic heterocycles. The molecule has 0 spiro atoms. The van der Waals surface area contributed by atoms with Crippen molar-refractivity contribution in [3.8, 4) is 16.9 Å². The van der Waals surface area contributed by atoms with E-state index in [4.69, 9.17) is 18.6 Å². The molecular weight excluding hydrogens is 436 g/mol. The second-order valence-corrected chi connectivity index (χ2v) is 8.75. The number of aryl methyl sites for hydroxylation is 1. The number of amides is 2. The summed E-state index contributed by atoms with van der Waals surface area (Å²) in [4.78, 5) is 25.8. The lowest BCUT2D eigenvalue weighted by molar-refractivity contribution is 0.0929. The van der Waals surface area contributed by atoms with E-state index < -0.39 is 0 Å². The first-order valence-corrected chi connectivity index (χ1v) is 11.4. The second kappa shape index (κ2) is 9.12. The monoisotopic (exact) mass is 464 g/mol. The Bertz CT molecular complexity index is 1240. The third-order valence-electron chi connectivity index (χ3n) is 6.63. The maximum atomic E-state index is 13.1. The van der Waals surface area contributed by atoms with E-state index in [0.717, 1.165) is 11.1 Å². The van der Waals surface area contributed by atoms with Crippen molar-refractivity contribution in [2.45, 2.75) is 13.0 Å². The summed E-state index contributed by atoms with van der Waals surface area (Å²) in [5, 5.41) is 6.47.